The van der Waals surface area contributed by atoms with Gasteiger partial charge in [0.05, 0.1) is 11.4 Å². The van der Waals surface area contributed by atoms with Crippen LogP contribution in [0, 0.1) is 0 Å². The van der Waals surface area contributed by atoms with E-state index in [1.807, 2.05) is 20.8 Å². The van der Waals surface area contributed by atoms with Crippen molar-refractivity contribution in [2.75, 3.05) is 5.75 Å². The molecule has 0 amide bonds. The van der Waals surface area contributed by atoms with Crippen LogP contribution in [0.4, 0.5) is 0 Å². The topological polar surface area (TPSA) is 90.1 Å². The fourth-order valence-corrected chi connectivity index (χ4v) is 2.18. The van der Waals surface area contributed by atoms with Crippen LogP contribution < -0.4 is 0 Å². The largest absolute Gasteiger partial charge is 0.508 e. The van der Waals surface area contributed by atoms with Gasteiger partial charge in [0.1, 0.15) is 11.4 Å². The number of rotatable bonds is 4. The summed E-state index contributed by atoms with van der Waals surface area (Å²) in [6.45, 7) is 5.45. The van der Waals surface area contributed by atoms with E-state index in [-0.39, 0.29) is 17.5 Å². The lowest BCUT2D eigenvalue weighted by atomic mass is 10.2. The number of nitrogens with zero attached hydrogens (tertiary/aromatic N) is 4. The number of hydrogen-bond donors (Lipinski definition) is 1. The van der Waals surface area contributed by atoms with Crippen molar-refractivity contribution >= 4 is 17.7 Å². The van der Waals surface area contributed by atoms with Crippen LogP contribution in [0.5, 0.6) is 5.75 Å². The Morgan fingerprint density at radius 2 is 2.00 bits per heavy atom. The SMILES string of the molecule is CC(C)(C)OC(=O)CSc1nnnn1-c1ccc(O)cc1. The lowest BCUT2D eigenvalue weighted by Gasteiger charge is -2.19. The zero-order chi connectivity index (χ0) is 15.5. The van der Waals surface area contributed by atoms with Gasteiger partial charge in [-0.2, -0.15) is 4.68 Å². The number of hydrogen-bond acceptors (Lipinski definition) is 7. The zero-order valence-electron chi connectivity index (χ0n) is 12.0. The number of esters is 1. The average molecular weight is 308 g/mol. The highest BCUT2D eigenvalue weighted by molar-refractivity contribution is 7.99. The molecule has 1 aromatic carbocycles. The van der Waals surface area contributed by atoms with Gasteiger partial charge >= 0.3 is 5.97 Å². The van der Waals surface area contributed by atoms with Crippen molar-refractivity contribution in [1.82, 2.24) is 20.2 Å². The van der Waals surface area contributed by atoms with Crippen LogP contribution in [0.15, 0.2) is 29.4 Å². The van der Waals surface area contributed by atoms with Crippen molar-refractivity contribution in [3.05, 3.63) is 24.3 Å². The third-order valence-corrected chi connectivity index (χ3v) is 3.17. The first-order valence-corrected chi connectivity index (χ1v) is 7.26. The second kappa shape index (κ2) is 6.13. The highest BCUT2D eigenvalue weighted by atomic mass is 32.2. The molecule has 0 unspecified atom stereocenters. The number of tetrazole rings is 1. The third-order valence-electron chi connectivity index (χ3n) is 2.27. The number of aromatic nitrogens is 4. The maximum Gasteiger partial charge on any atom is 0.316 e. The molecule has 0 aliphatic carbocycles. The van der Waals surface area contributed by atoms with Crippen molar-refractivity contribution in [2.24, 2.45) is 0 Å². The number of ether oxygens (including phenoxy) is 1. The summed E-state index contributed by atoms with van der Waals surface area (Å²) >= 11 is 1.19. The van der Waals surface area contributed by atoms with E-state index in [9.17, 15) is 9.90 Å². The van der Waals surface area contributed by atoms with E-state index in [2.05, 4.69) is 15.5 Å². The molecule has 0 saturated carbocycles. The fourth-order valence-electron chi connectivity index (χ4n) is 1.52. The predicted octanol–water partition coefficient (Wildman–Crippen LogP) is 1.80. The molecule has 0 aliphatic rings. The van der Waals surface area contributed by atoms with Crippen molar-refractivity contribution in [3.8, 4) is 11.4 Å². The van der Waals surface area contributed by atoms with Crippen molar-refractivity contribution in [2.45, 2.75) is 31.5 Å². The van der Waals surface area contributed by atoms with Crippen molar-refractivity contribution in [3.63, 3.8) is 0 Å². The molecule has 0 fully saturated rings. The van der Waals surface area contributed by atoms with E-state index in [1.165, 1.54) is 16.4 Å². The third kappa shape index (κ3) is 4.45. The zero-order valence-corrected chi connectivity index (χ0v) is 12.8. The number of carbonyl (C=O) groups is 1. The molecule has 1 N–H and O–H groups in total. The van der Waals surface area contributed by atoms with E-state index in [0.29, 0.717) is 10.8 Å². The molecule has 21 heavy (non-hydrogen) atoms. The van der Waals surface area contributed by atoms with Gasteiger partial charge in [-0.1, -0.05) is 11.8 Å². The summed E-state index contributed by atoms with van der Waals surface area (Å²) in [4.78, 5) is 11.7. The fraction of sp³-hybridized carbons (Fsp3) is 0.385. The molecule has 112 valence electrons. The Balaban J connectivity index is 2.04. The Hall–Kier alpha value is -2.09. The summed E-state index contributed by atoms with van der Waals surface area (Å²) in [7, 11) is 0. The second-order valence-corrected chi connectivity index (χ2v) is 6.21. The smallest absolute Gasteiger partial charge is 0.316 e. The van der Waals surface area contributed by atoms with Crippen LogP contribution in [0.1, 0.15) is 20.8 Å². The van der Waals surface area contributed by atoms with Gasteiger partial charge in [-0.25, -0.2) is 0 Å². The molecule has 0 spiro atoms. The summed E-state index contributed by atoms with van der Waals surface area (Å²) in [6, 6.07) is 6.45. The number of aromatic hydroxyl groups is 1. The Bertz CT molecular complexity index is 619. The molecular formula is C13H16N4O3S. The monoisotopic (exact) mass is 308 g/mol. The van der Waals surface area contributed by atoms with Gasteiger partial charge in [0.2, 0.25) is 5.16 Å². The van der Waals surface area contributed by atoms with Crippen molar-refractivity contribution in [1.29, 1.82) is 0 Å². The van der Waals surface area contributed by atoms with E-state index < -0.39 is 5.60 Å². The normalized spacial score (nSPS) is 11.4. The molecule has 1 aromatic heterocycles. The van der Waals surface area contributed by atoms with E-state index in [1.54, 1.807) is 24.3 Å². The highest BCUT2D eigenvalue weighted by Gasteiger charge is 2.18. The predicted molar refractivity (Wildman–Crippen MR) is 77.4 cm³/mol. The van der Waals surface area contributed by atoms with Crippen LogP contribution in [-0.4, -0.2) is 42.6 Å². The second-order valence-electron chi connectivity index (χ2n) is 5.26. The lowest BCUT2D eigenvalue weighted by molar-refractivity contribution is -0.151. The first-order valence-electron chi connectivity index (χ1n) is 6.27. The minimum absolute atomic E-state index is 0.121. The Morgan fingerprint density at radius 1 is 1.33 bits per heavy atom. The molecule has 7 nitrogen and oxygen atoms in total. The first kappa shape index (κ1) is 15.3. The number of carbonyl (C=O) groups excluding carboxylic acids is 1. The van der Waals surface area contributed by atoms with E-state index in [4.69, 9.17) is 4.74 Å². The van der Waals surface area contributed by atoms with Crippen LogP contribution in [-0.2, 0) is 9.53 Å². The maximum absolute atomic E-state index is 11.7. The van der Waals surface area contributed by atoms with Crippen LogP contribution in [0.2, 0.25) is 0 Å². The van der Waals surface area contributed by atoms with Crippen LogP contribution >= 0.6 is 11.8 Å². The van der Waals surface area contributed by atoms with Crippen molar-refractivity contribution < 1.29 is 14.6 Å². The summed E-state index contributed by atoms with van der Waals surface area (Å²) in [5.74, 6) is -0.0436. The van der Waals surface area contributed by atoms with Gasteiger partial charge in [-0.3, -0.25) is 4.79 Å². The minimum Gasteiger partial charge on any atom is -0.508 e. The molecule has 8 heteroatoms. The van der Waals surface area contributed by atoms with Crippen LogP contribution in [0.3, 0.4) is 0 Å². The number of thioether (sulfide) groups is 1. The van der Waals surface area contributed by atoms with Gasteiger partial charge in [-0.05, 0) is 55.5 Å². The van der Waals surface area contributed by atoms with Gasteiger partial charge in [0.15, 0.2) is 0 Å². The highest BCUT2D eigenvalue weighted by Crippen LogP contribution is 2.20. The maximum atomic E-state index is 11.7. The number of phenolic OH excluding ortho intramolecular Hbond substituents is 1. The van der Waals surface area contributed by atoms with Gasteiger partial charge in [-0.15, -0.1) is 5.10 Å². The van der Waals surface area contributed by atoms with Gasteiger partial charge in [0, 0.05) is 0 Å². The van der Waals surface area contributed by atoms with Gasteiger partial charge in [0.25, 0.3) is 0 Å². The molecule has 1 heterocycles. The summed E-state index contributed by atoms with van der Waals surface area (Å²) in [5, 5.41) is 21.1. The van der Waals surface area contributed by atoms with Gasteiger partial charge < -0.3 is 9.84 Å². The average Bonchev–Trinajstić information content (AvgIpc) is 2.83. The molecule has 2 aromatic rings. The lowest BCUT2D eigenvalue weighted by Crippen LogP contribution is -2.25. The molecule has 2 rings (SSSR count). The molecule has 0 atom stereocenters. The molecule has 0 aliphatic heterocycles. The Kier molecular flexibility index (Phi) is 4.46. The minimum atomic E-state index is -0.513. The Morgan fingerprint density at radius 3 is 2.62 bits per heavy atom. The standard InChI is InChI=1S/C13H16N4O3S/c1-13(2,3)20-11(19)8-21-12-14-15-16-17(12)9-4-6-10(18)7-5-9/h4-7,18H,8H2,1-3H3. The molecular weight excluding hydrogens is 292 g/mol. The first-order chi connectivity index (χ1) is 9.85. The summed E-state index contributed by atoms with van der Waals surface area (Å²) in [6.07, 6.45) is 0. The summed E-state index contributed by atoms with van der Waals surface area (Å²) in [5.41, 5.74) is 0.185. The quantitative estimate of drug-likeness (QED) is 0.680. The molecule has 0 saturated heterocycles. The van der Waals surface area contributed by atoms with E-state index >= 15 is 0 Å². The molecule has 0 radical (unpaired) electrons. The number of benzene rings is 1. The summed E-state index contributed by atoms with van der Waals surface area (Å²) < 4.78 is 6.72. The number of phenols is 1. The molecule has 0 bridgehead atoms. The Labute approximate surface area is 126 Å². The van der Waals surface area contributed by atoms with Crippen LogP contribution in [0.25, 0.3) is 5.69 Å². The van der Waals surface area contributed by atoms with E-state index in [0.717, 1.165) is 0 Å².